The quantitative estimate of drug-likeness (QED) is 0.494. The highest BCUT2D eigenvalue weighted by Crippen LogP contribution is 2.41. The molecule has 3 N–H and O–H groups in total. The number of anilines is 1. The fourth-order valence-electron chi connectivity index (χ4n) is 5.31. The van der Waals surface area contributed by atoms with Crippen LogP contribution in [-0.2, 0) is 20.8 Å². The molecule has 10 nitrogen and oxygen atoms in total. The topological polar surface area (TPSA) is 136 Å². The van der Waals surface area contributed by atoms with Gasteiger partial charge in [-0.15, -0.1) is 11.3 Å². The maximum absolute atomic E-state index is 13.0. The molecule has 38 heavy (non-hydrogen) atoms. The number of carbonyl (C=O) groups is 3. The highest BCUT2D eigenvalue weighted by Gasteiger charge is 2.46. The Morgan fingerprint density at radius 2 is 1.92 bits per heavy atom. The van der Waals surface area contributed by atoms with E-state index in [-0.39, 0.29) is 11.8 Å². The molecule has 3 aliphatic rings. The predicted molar refractivity (Wildman–Crippen MR) is 143 cm³/mol. The Labute approximate surface area is 224 Å². The molecule has 2 saturated heterocycles. The number of rotatable bonds is 5. The van der Waals surface area contributed by atoms with Gasteiger partial charge in [0.2, 0.25) is 11.8 Å². The van der Waals surface area contributed by atoms with E-state index in [1.54, 1.807) is 35.9 Å². The summed E-state index contributed by atoms with van der Waals surface area (Å²) in [6.45, 7) is 1.38. The Morgan fingerprint density at radius 3 is 2.61 bits per heavy atom. The van der Waals surface area contributed by atoms with E-state index in [2.05, 4.69) is 21.4 Å². The van der Waals surface area contributed by atoms with Crippen LogP contribution in [0.5, 0.6) is 0 Å². The van der Waals surface area contributed by atoms with Crippen LogP contribution in [0.3, 0.4) is 0 Å². The van der Waals surface area contributed by atoms with Gasteiger partial charge in [0.15, 0.2) is 6.10 Å². The molecule has 3 aliphatic heterocycles. The number of aromatic nitrogens is 2. The molecule has 3 amide bonds. The number of thiazole rings is 1. The molecule has 2 fully saturated rings. The van der Waals surface area contributed by atoms with Crippen LogP contribution in [0.4, 0.5) is 5.82 Å². The lowest BCUT2D eigenvalue weighted by atomic mass is 9.71. The van der Waals surface area contributed by atoms with Gasteiger partial charge in [-0.25, -0.2) is 9.97 Å². The van der Waals surface area contributed by atoms with E-state index < -0.39 is 24.0 Å². The van der Waals surface area contributed by atoms with E-state index in [0.717, 1.165) is 29.0 Å². The minimum Gasteiger partial charge on any atom is -0.393 e. The predicted octanol–water partition coefficient (Wildman–Crippen LogP) is 1.71. The maximum Gasteiger partial charge on any atom is 0.253 e. The van der Waals surface area contributed by atoms with Gasteiger partial charge in [-0.3, -0.25) is 14.4 Å². The first-order valence-corrected chi connectivity index (χ1v) is 13.7. The second-order valence-electron chi connectivity index (χ2n) is 10.0. The Balaban J connectivity index is 1.20. The molecular weight excluding hydrogens is 506 g/mol. The third kappa shape index (κ3) is 5.54. The molecule has 200 valence electrons. The Bertz CT molecular complexity index is 1260. The van der Waals surface area contributed by atoms with Crippen molar-refractivity contribution in [2.45, 2.75) is 38.2 Å². The highest BCUT2D eigenvalue weighted by atomic mass is 32.1. The highest BCUT2D eigenvalue weighted by molar-refractivity contribution is 7.10. The number of piperidine rings is 2. The number of carbonyl (C=O) groups excluding carboxylic acids is 3. The fraction of sp³-hybridized carbons (Fsp3) is 0.444. The number of nitrogens with zero attached hydrogens (tertiary/aromatic N) is 4. The van der Waals surface area contributed by atoms with Crippen LogP contribution >= 0.6 is 11.3 Å². The molecule has 0 aromatic carbocycles. The molecule has 0 radical (unpaired) electrons. The van der Waals surface area contributed by atoms with Gasteiger partial charge in [-0.1, -0.05) is 5.57 Å². The summed E-state index contributed by atoms with van der Waals surface area (Å²) in [4.78, 5) is 50.0. The fourth-order valence-corrected chi connectivity index (χ4v) is 5.93. The van der Waals surface area contributed by atoms with Crippen LogP contribution in [0, 0.1) is 5.41 Å². The second-order valence-corrected chi connectivity index (χ2v) is 11.0. The molecular formula is C27H31N5O5S. The lowest BCUT2D eigenvalue weighted by Gasteiger charge is -2.43. The molecule has 0 bridgehead atoms. The number of hydrogen-bond acceptors (Lipinski definition) is 8. The van der Waals surface area contributed by atoms with Crippen molar-refractivity contribution in [3.63, 3.8) is 0 Å². The number of fused-ring (bicyclic) bond motifs is 1. The minimum absolute atomic E-state index is 0.0390. The van der Waals surface area contributed by atoms with E-state index >= 15 is 0 Å². The molecule has 2 aromatic rings. The summed E-state index contributed by atoms with van der Waals surface area (Å²) in [5, 5.41) is 24.6. The smallest absolute Gasteiger partial charge is 0.253 e. The minimum atomic E-state index is -1.43. The van der Waals surface area contributed by atoms with Crippen molar-refractivity contribution in [1.29, 1.82) is 0 Å². The average Bonchev–Trinajstić information content (AvgIpc) is 3.45. The van der Waals surface area contributed by atoms with Crippen molar-refractivity contribution >= 4 is 47.0 Å². The van der Waals surface area contributed by atoms with Crippen LogP contribution < -0.4 is 5.32 Å². The third-order valence-electron chi connectivity index (χ3n) is 7.64. The van der Waals surface area contributed by atoms with Crippen molar-refractivity contribution in [1.82, 2.24) is 19.8 Å². The van der Waals surface area contributed by atoms with E-state index in [1.165, 1.54) is 10.5 Å². The first kappa shape index (κ1) is 26.2. The monoisotopic (exact) mass is 537 g/mol. The summed E-state index contributed by atoms with van der Waals surface area (Å²) < 4.78 is 0. The summed E-state index contributed by atoms with van der Waals surface area (Å²) in [5.41, 5.74) is 2.32. The summed E-state index contributed by atoms with van der Waals surface area (Å²) >= 11 is 1.61. The lowest BCUT2D eigenvalue weighted by Crippen LogP contribution is -2.53. The van der Waals surface area contributed by atoms with Gasteiger partial charge in [0.25, 0.3) is 5.91 Å². The van der Waals surface area contributed by atoms with Crippen LogP contribution in [0.1, 0.15) is 41.8 Å². The average molecular weight is 538 g/mol. The summed E-state index contributed by atoms with van der Waals surface area (Å²) in [6, 6.07) is 1.95. The van der Waals surface area contributed by atoms with Crippen LogP contribution in [0.15, 0.2) is 35.5 Å². The largest absolute Gasteiger partial charge is 0.393 e. The van der Waals surface area contributed by atoms with Gasteiger partial charge >= 0.3 is 0 Å². The Morgan fingerprint density at radius 1 is 1.16 bits per heavy atom. The number of aliphatic hydroxyl groups is 2. The van der Waals surface area contributed by atoms with Crippen molar-refractivity contribution < 1.29 is 24.6 Å². The third-order valence-corrected chi connectivity index (χ3v) is 8.36. The zero-order valence-electron chi connectivity index (χ0n) is 21.0. The van der Waals surface area contributed by atoms with E-state index in [0.29, 0.717) is 51.3 Å². The second kappa shape index (κ2) is 11.1. The first-order valence-electron chi connectivity index (χ1n) is 12.8. The normalized spacial score (nSPS) is 19.8. The molecule has 0 aliphatic carbocycles. The summed E-state index contributed by atoms with van der Waals surface area (Å²) in [5.74, 6) is -0.144. The van der Waals surface area contributed by atoms with Gasteiger partial charge in [0.1, 0.15) is 10.8 Å². The van der Waals surface area contributed by atoms with Crippen molar-refractivity contribution in [3.05, 3.63) is 51.6 Å². The standard InChI is InChI=1S/C27H31N5O5S/c33-17-21(34)25(36)32-10-5-27(6-11-32)15-20-13-19(16-29-24(20)30-26(27)37)1-2-23(35)31-8-3-18(4-9-31)14-22-28-7-12-38-22/h1-2,7,12-14,16,21,33-34H,3-6,8-11,15,17H2,(H,29,30,37)/b2-1+. The van der Waals surface area contributed by atoms with Crippen LogP contribution in [0.25, 0.3) is 12.2 Å². The maximum atomic E-state index is 13.0. The number of aliphatic hydroxyl groups excluding tert-OH is 2. The van der Waals surface area contributed by atoms with E-state index in [9.17, 15) is 19.5 Å². The number of pyridine rings is 1. The van der Waals surface area contributed by atoms with Gasteiger partial charge in [-0.2, -0.15) is 0 Å². The Hall–Kier alpha value is -3.41. The number of hydrogen-bond donors (Lipinski definition) is 3. The van der Waals surface area contributed by atoms with Crippen LogP contribution in [-0.4, -0.2) is 86.6 Å². The zero-order chi connectivity index (χ0) is 26.7. The van der Waals surface area contributed by atoms with E-state index in [1.807, 2.05) is 16.3 Å². The van der Waals surface area contributed by atoms with Crippen molar-refractivity contribution in [2.75, 3.05) is 38.1 Å². The van der Waals surface area contributed by atoms with Crippen LogP contribution in [0.2, 0.25) is 0 Å². The van der Waals surface area contributed by atoms with Gasteiger partial charge in [-0.05, 0) is 61.4 Å². The Kier molecular flexibility index (Phi) is 7.68. The molecule has 1 unspecified atom stereocenters. The summed E-state index contributed by atoms with van der Waals surface area (Å²) in [6.07, 6.45) is 10.5. The molecule has 1 atom stereocenters. The van der Waals surface area contributed by atoms with Crippen molar-refractivity contribution in [3.8, 4) is 0 Å². The lowest BCUT2D eigenvalue weighted by molar-refractivity contribution is -0.146. The number of nitrogens with one attached hydrogen (secondary N) is 1. The molecule has 5 rings (SSSR count). The molecule has 2 aromatic heterocycles. The van der Waals surface area contributed by atoms with Crippen molar-refractivity contribution in [2.24, 2.45) is 5.41 Å². The summed E-state index contributed by atoms with van der Waals surface area (Å²) in [7, 11) is 0. The van der Waals surface area contributed by atoms with Gasteiger partial charge in [0, 0.05) is 50.0 Å². The molecule has 5 heterocycles. The molecule has 0 saturated carbocycles. The SMILES string of the molecule is O=C(/C=C/c1cnc2c(c1)CC1(CCN(C(=O)C(O)CO)CC1)C(=O)N2)N1CCC(=Cc2nccs2)CC1. The number of amides is 3. The van der Waals surface area contributed by atoms with Gasteiger partial charge in [0.05, 0.1) is 12.0 Å². The number of likely N-dealkylation sites (tertiary alicyclic amines) is 2. The first-order chi connectivity index (χ1) is 18.4. The zero-order valence-corrected chi connectivity index (χ0v) is 21.8. The molecule has 1 spiro atoms. The van der Waals surface area contributed by atoms with Gasteiger partial charge < -0.3 is 25.3 Å². The van der Waals surface area contributed by atoms with E-state index in [4.69, 9.17) is 5.11 Å². The molecule has 11 heteroatoms.